The summed E-state index contributed by atoms with van der Waals surface area (Å²) in [5.41, 5.74) is 3.74. The minimum absolute atomic E-state index is 0.332. The molecule has 1 aromatic heterocycles. The molecular weight excluding hydrogens is 311 g/mol. The number of aryl methyl sites for hydroxylation is 2. The third-order valence-electron chi connectivity index (χ3n) is 4.42. The van der Waals surface area contributed by atoms with Crippen LogP contribution >= 0.6 is 0 Å². The van der Waals surface area contributed by atoms with E-state index in [0.717, 1.165) is 16.3 Å². The Morgan fingerprint density at radius 2 is 1.46 bits per heavy atom. The van der Waals surface area contributed by atoms with Crippen LogP contribution in [0.15, 0.2) is 42.5 Å². The quantitative estimate of drug-likeness (QED) is 0.440. The molecule has 0 unspecified atom stereocenters. The first-order valence-electron chi connectivity index (χ1n) is 7.61. The summed E-state index contributed by atoms with van der Waals surface area (Å²) in [4.78, 5) is 3.06. The first kappa shape index (κ1) is 14.8. The third kappa shape index (κ3) is 2.18. The van der Waals surface area contributed by atoms with Gasteiger partial charge in [-0.2, -0.15) is 0 Å². The molecule has 4 rings (SSSR count). The average Bonchev–Trinajstić information content (AvgIpc) is 2.83. The van der Waals surface area contributed by atoms with Gasteiger partial charge in [0, 0.05) is 27.4 Å². The predicted molar refractivity (Wildman–Crippen MR) is 90.6 cm³/mol. The van der Waals surface area contributed by atoms with Gasteiger partial charge in [0.15, 0.2) is 0 Å². The Morgan fingerprint density at radius 3 is 2.21 bits per heavy atom. The zero-order valence-electron chi connectivity index (χ0n) is 13.2. The second-order valence-corrected chi connectivity index (χ2v) is 6.11. The number of fused-ring (bicyclic) bond motifs is 3. The fourth-order valence-corrected chi connectivity index (χ4v) is 3.36. The standard InChI is InChI=1S/C20H14F3N/c1-10-5-12(21)3-4-14(10)15-8-16-18(9-17(15)23)24-19-7-13(22)6-11(2)20(16)19/h3-9,24H,1-2H3. The topological polar surface area (TPSA) is 15.8 Å². The van der Waals surface area contributed by atoms with Crippen molar-refractivity contribution in [2.45, 2.75) is 13.8 Å². The zero-order valence-corrected chi connectivity index (χ0v) is 13.2. The van der Waals surface area contributed by atoms with E-state index in [-0.39, 0.29) is 11.6 Å². The van der Waals surface area contributed by atoms with E-state index in [4.69, 9.17) is 0 Å². The molecule has 1 heterocycles. The molecular formula is C20H14F3N. The highest BCUT2D eigenvalue weighted by atomic mass is 19.1. The molecule has 24 heavy (non-hydrogen) atoms. The Bertz CT molecular complexity index is 1110. The second kappa shape index (κ2) is 5.13. The highest BCUT2D eigenvalue weighted by Gasteiger charge is 2.15. The number of aromatic amines is 1. The Labute approximate surface area is 136 Å². The highest BCUT2D eigenvalue weighted by molar-refractivity contribution is 6.10. The van der Waals surface area contributed by atoms with Crippen LogP contribution in [-0.2, 0) is 0 Å². The Balaban J connectivity index is 2.07. The van der Waals surface area contributed by atoms with Gasteiger partial charge in [-0.1, -0.05) is 6.07 Å². The number of H-pyrrole nitrogens is 1. The lowest BCUT2D eigenvalue weighted by Crippen LogP contribution is -1.89. The van der Waals surface area contributed by atoms with Gasteiger partial charge in [-0.15, -0.1) is 0 Å². The number of hydrogen-bond acceptors (Lipinski definition) is 0. The molecule has 0 saturated heterocycles. The van der Waals surface area contributed by atoms with Gasteiger partial charge >= 0.3 is 0 Å². The van der Waals surface area contributed by atoms with Crippen LogP contribution in [0.3, 0.4) is 0 Å². The van der Waals surface area contributed by atoms with Crippen molar-refractivity contribution in [2.75, 3.05) is 0 Å². The lowest BCUT2D eigenvalue weighted by atomic mass is 9.97. The van der Waals surface area contributed by atoms with Crippen molar-refractivity contribution in [3.8, 4) is 11.1 Å². The summed E-state index contributed by atoms with van der Waals surface area (Å²) in [7, 11) is 0. The Morgan fingerprint density at radius 1 is 0.708 bits per heavy atom. The summed E-state index contributed by atoms with van der Waals surface area (Å²) >= 11 is 0. The number of halogens is 3. The molecule has 120 valence electrons. The maximum Gasteiger partial charge on any atom is 0.133 e. The van der Waals surface area contributed by atoms with Gasteiger partial charge < -0.3 is 4.98 Å². The van der Waals surface area contributed by atoms with Gasteiger partial charge in [-0.3, -0.25) is 0 Å². The monoisotopic (exact) mass is 325 g/mol. The van der Waals surface area contributed by atoms with Crippen LogP contribution in [0, 0.1) is 31.3 Å². The fourth-order valence-electron chi connectivity index (χ4n) is 3.36. The summed E-state index contributed by atoms with van der Waals surface area (Å²) in [6.45, 7) is 3.57. The Hall–Kier alpha value is -2.75. The molecule has 4 aromatic rings. The van der Waals surface area contributed by atoms with Gasteiger partial charge in [-0.05, 0) is 66.9 Å². The SMILES string of the molecule is Cc1cc(F)ccc1-c1cc2c(cc1F)[nH]c1cc(F)cc(C)c12. The van der Waals surface area contributed by atoms with E-state index in [9.17, 15) is 13.2 Å². The van der Waals surface area contributed by atoms with Crippen LogP contribution in [0.4, 0.5) is 13.2 Å². The number of hydrogen-bond donors (Lipinski definition) is 1. The summed E-state index contributed by atoms with van der Waals surface area (Å²) < 4.78 is 41.5. The fraction of sp³-hybridized carbons (Fsp3) is 0.100. The molecule has 0 atom stereocenters. The maximum atomic E-state index is 14.6. The molecule has 4 heteroatoms. The van der Waals surface area contributed by atoms with Crippen molar-refractivity contribution >= 4 is 21.8 Å². The van der Waals surface area contributed by atoms with E-state index in [2.05, 4.69) is 4.98 Å². The van der Waals surface area contributed by atoms with Crippen LogP contribution in [0.5, 0.6) is 0 Å². The lowest BCUT2D eigenvalue weighted by molar-refractivity contribution is 0.625. The summed E-state index contributed by atoms with van der Waals surface area (Å²) in [5, 5.41) is 1.69. The molecule has 0 amide bonds. The number of aromatic nitrogens is 1. The number of rotatable bonds is 1. The van der Waals surface area contributed by atoms with Crippen molar-refractivity contribution < 1.29 is 13.2 Å². The molecule has 3 aromatic carbocycles. The largest absolute Gasteiger partial charge is 0.354 e. The molecule has 0 bridgehead atoms. The Kier molecular flexibility index (Phi) is 3.17. The first-order valence-corrected chi connectivity index (χ1v) is 7.61. The van der Waals surface area contributed by atoms with Crippen LogP contribution in [0.25, 0.3) is 32.9 Å². The van der Waals surface area contributed by atoms with Gasteiger partial charge in [0.05, 0.1) is 0 Å². The van der Waals surface area contributed by atoms with E-state index in [1.54, 1.807) is 19.1 Å². The summed E-state index contributed by atoms with van der Waals surface area (Å²) in [5.74, 6) is -1.08. The van der Waals surface area contributed by atoms with Crippen molar-refractivity contribution in [2.24, 2.45) is 0 Å². The van der Waals surface area contributed by atoms with Gasteiger partial charge in [0.25, 0.3) is 0 Å². The van der Waals surface area contributed by atoms with Crippen LogP contribution < -0.4 is 0 Å². The molecule has 0 spiro atoms. The summed E-state index contributed by atoms with van der Waals surface area (Å²) in [6.07, 6.45) is 0. The number of nitrogens with one attached hydrogen (secondary N) is 1. The minimum atomic E-state index is -0.401. The molecule has 0 fully saturated rings. The molecule has 0 aliphatic heterocycles. The van der Waals surface area contributed by atoms with Crippen LogP contribution in [-0.4, -0.2) is 4.98 Å². The van der Waals surface area contributed by atoms with E-state index < -0.39 is 5.82 Å². The average molecular weight is 325 g/mol. The number of benzene rings is 3. The molecule has 1 nitrogen and oxygen atoms in total. The zero-order chi connectivity index (χ0) is 17.0. The predicted octanol–water partition coefficient (Wildman–Crippen LogP) is 6.02. The smallest absolute Gasteiger partial charge is 0.133 e. The van der Waals surface area contributed by atoms with E-state index in [1.807, 2.05) is 6.92 Å². The van der Waals surface area contributed by atoms with Crippen molar-refractivity contribution in [3.05, 3.63) is 71.0 Å². The van der Waals surface area contributed by atoms with Crippen molar-refractivity contribution in [1.82, 2.24) is 4.98 Å². The van der Waals surface area contributed by atoms with Gasteiger partial charge in [0.2, 0.25) is 0 Å². The van der Waals surface area contributed by atoms with E-state index >= 15 is 0 Å². The van der Waals surface area contributed by atoms with Crippen molar-refractivity contribution in [3.63, 3.8) is 0 Å². The first-order chi connectivity index (χ1) is 11.4. The van der Waals surface area contributed by atoms with E-state index in [0.29, 0.717) is 27.7 Å². The highest BCUT2D eigenvalue weighted by Crippen LogP contribution is 2.35. The van der Waals surface area contributed by atoms with Crippen molar-refractivity contribution in [1.29, 1.82) is 0 Å². The van der Waals surface area contributed by atoms with Crippen LogP contribution in [0.2, 0.25) is 0 Å². The lowest BCUT2D eigenvalue weighted by Gasteiger charge is -2.08. The van der Waals surface area contributed by atoms with E-state index in [1.165, 1.54) is 30.3 Å². The third-order valence-corrected chi connectivity index (χ3v) is 4.42. The molecule has 1 N–H and O–H groups in total. The molecule has 0 aliphatic carbocycles. The minimum Gasteiger partial charge on any atom is -0.354 e. The normalized spacial score (nSPS) is 11.5. The van der Waals surface area contributed by atoms with Gasteiger partial charge in [-0.25, -0.2) is 13.2 Å². The second-order valence-electron chi connectivity index (χ2n) is 6.11. The molecule has 0 saturated carbocycles. The molecule has 0 aliphatic rings. The van der Waals surface area contributed by atoms with Gasteiger partial charge in [0.1, 0.15) is 17.5 Å². The van der Waals surface area contributed by atoms with Crippen LogP contribution in [0.1, 0.15) is 11.1 Å². The maximum absolute atomic E-state index is 14.6. The summed E-state index contributed by atoms with van der Waals surface area (Å²) in [6, 6.07) is 10.3. The molecule has 0 radical (unpaired) electrons.